The van der Waals surface area contributed by atoms with Crippen LogP contribution in [0.5, 0.6) is 11.5 Å². The van der Waals surface area contributed by atoms with Crippen LogP contribution in [0.15, 0.2) is 48.5 Å². The molecule has 0 radical (unpaired) electrons. The van der Waals surface area contributed by atoms with Gasteiger partial charge in [-0.15, -0.1) is 0 Å². The van der Waals surface area contributed by atoms with Crippen LogP contribution in [0.25, 0.3) is 0 Å². The number of benzene rings is 2. The van der Waals surface area contributed by atoms with E-state index in [1.807, 2.05) is 27.7 Å². The highest BCUT2D eigenvalue weighted by atomic mass is 16.5. The first-order chi connectivity index (χ1) is 14.8. The van der Waals surface area contributed by atoms with Crippen molar-refractivity contribution in [2.45, 2.75) is 72.0 Å². The lowest BCUT2D eigenvalue weighted by Gasteiger charge is -2.26. The summed E-state index contributed by atoms with van der Waals surface area (Å²) < 4.78 is 22.8. The molecule has 172 valence electrons. The normalized spacial score (nSPS) is 11.9. The molecule has 0 saturated carbocycles. The molecule has 0 atom stereocenters. The fourth-order valence-electron chi connectivity index (χ4n) is 3.24. The van der Waals surface area contributed by atoms with E-state index in [9.17, 15) is 0 Å². The topological polar surface area (TPSA) is 36.9 Å². The molecule has 0 amide bonds. The van der Waals surface area contributed by atoms with Gasteiger partial charge in [0, 0.05) is 18.3 Å². The monoisotopic (exact) mass is 428 g/mol. The van der Waals surface area contributed by atoms with Gasteiger partial charge >= 0.3 is 0 Å². The van der Waals surface area contributed by atoms with Gasteiger partial charge in [0.25, 0.3) is 0 Å². The van der Waals surface area contributed by atoms with Gasteiger partial charge in [0.05, 0.1) is 38.6 Å². The quantitative estimate of drug-likeness (QED) is 0.326. The molecular weight excluding hydrogens is 388 g/mol. The predicted octanol–water partition coefficient (Wildman–Crippen LogP) is 6.40. The molecular formula is C27H40O4. The molecule has 0 saturated heterocycles. The van der Waals surface area contributed by atoms with Crippen molar-refractivity contribution in [3.63, 3.8) is 0 Å². The molecule has 31 heavy (non-hydrogen) atoms. The second-order valence-electron chi connectivity index (χ2n) is 8.92. The number of rotatable bonds is 14. The standard InChI is InChI=1S/C27H40O4/c1-21(2)28-17-7-19-30-25-13-9-23(10-14-25)27(5,6)24-11-15-26(16-12-24)31-20-8-18-29-22(3)4/h9-16,21-22H,7-8,17-20H2,1-6H3. The van der Waals surface area contributed by atoms with Gasteiger partial charge in [0.1, 0.15) is 11.5 Å². The summed E-state index contributed by atoms with van der Waals surface area (Å²) >= 11 is 0. The number of ether oxygens (including phenoxy) is 4. The fraction of sp³-hybridized carbons (Fsp3) is 0.556. The van der Waals surface area contributed by atoms with Crippen molar-refractivity contribution >= 4 is 0 Å². The Kier molecular flexibility index (Phi) is 10.4. The van der Waals surface area contributed by atoms with Crippen molar-refractivity contribution in [1.29, 1.82) is 0 Å². The van der Waals surface area contributed by atoms with Crippen LogP contribution in [0.4, 0.5) is 0 Å². The molecule has 4 nitrogen and oxygen atoms in total. The summed E-state index contributed by atoms with van der Waals surface area (Å²) in [5, 5.41) is 0. The van der Waals surface area contributed by atoms with Crippen LogP contribution >= 0.6 is 0 Å². The molecule has 2 rings (SSSR count). The van der Waals surface area contributed by atoms with Crippen molar-refractivity contribution in [3.8, 4) is 11.5 Å². The fourth-order valence-corrected chi connectivity index (χ4v) is 3.24. The van der Waals surface area contributed by atoms with E-state index in [-0.39, 0.29) is 17.6 Å². The predicted molar refractivity (Wildman–Crippen MR) is 127 cm³/mol. The van der Waals surface area contributed by atoms with Crippen molar-refractivity contribution in [2.75, 3.05) is 26.4 Å². The zero-order valence-corrected chi connectivity index (χ0v) is 20.1. The molecule has 0 aliphatic rings. The lowest BCUT2D eigenvalue weighted by atomic mass is 9.78. The molecule has 0 unspecified atom stereocenters. The highest BCUT2D eigenvalue weighted by molar-refractivity contribution is 5.41. The Morgan fingerprint density at radius 2 is 0.935 bits per heavy atom. The maximum Gasteiger partial charge on any atom is 0.119 e. The Morgan fingerprint density at radius 3 is 1.26 bits per heavy atom. The molecule has 0 bridgehead atoms. The van der Waals surface area contributed by atoms with Gasteiger partial charge in [-0.1, -0.05) is 38.1 Å². The Bertz CT molecular complexity index is 669. The van der Waals surface area contributed by atoms with Crippen molar-refractivity contribution in [3.05, 3.63) is 59.7 Å². The largest absolute Gasteiger partial charge is 0.494 e. The Labute approximate surface area is 188 Å². The minimum Gasteiger partial charge on any atom is -0.494 e. The summed E-state index contributed by atoms with van der Waals surface area (Å²) in [6.07, 6.45) is 2.33. The van der Waals surface area contributed by atoms with Crippen molar-refractivity contribution in [2.24, 2.45) is 0 Å². The van der Waals surface area contributed by atoms with Gasteiger partial charge in [-0.05, 0) is 63.1 Å². The highest BCUT2D eigenvalue weighted by Gasteiger charge is 2.23. The zero-order chi connectivity index (χ0) is 22.7. The summed E-state index contributed by atoms with van der Waals surface area (Å²) in [6.45, 7) is 15.5. The van der Waals surface area contributed by atoms with E-state index < -0.39 is 0 Å². The van der Waals surface area contributed by atoms with E-state index in [1.165, 1.54) is 11.1 Å². The van der Waals surface area contributed by atoms with E-state index in [1.54, 1.807) is 0 Å². The maximum atomic E-state index is 5.84. The summed E-state index contributed by atoms with van der Waals surface area (Å²) in [4.78, 5) is 0. The summed E-state index contributed by atoms with van der Waals surface area (Å²) in [5.41, 5.74) is 2.40. The first-order valence-corrected chi connectivity index (χ1v) is 11.5. The second kappa shape index (κ2) is 12.7. The lowest BCUT2D eigenvalue weighted by Crippen LogP contribution is -2.18. The summed E-state index contributed by atoms with van der Waals surface area (Å²) in [7, 11) is 0. The van der Waals surface area contributed by atoms with Gasteiger partial charge in [-0.2, -0.15) is 0 Å². The summed E-state index contributed by atoms with van der Waals surface area (Å²) in [5.74, 6) is 1.79. The number of hydrogen-bond donors (Lipinski definition) is 0. The van der Waals surface area contributed by atoms with Gasteiger partial charge in [-0.25, -0.2) is 0 Å². The molecule has 2 aromatic carbocycles. The van der Waals surface area contributed by atoms with E-state index in [0.29, 0.717) is 13.2 Å². The number of hydrogen-bond acceptors (Lipinski definition) is 4. The highest BCUT2D eigenvalue weighted by Crippen LogP contribution is 2.33. The van der Waals surface area contributed by atoms with E-state index in [2.05, 4.69) is 62.4 Å². The molecule has 0 fully saturated rings. The maximum absolute atomic E-state index is 5.84. The average molecular weight is 429 g/mol. The average Bonchev–Trinajstić information content (AvgIpc) is 2.73. The third-order valence-electron chi connectivity index (χ3n) is 5.17. The first kappa shape index (κ1) is 25.2. The molecule has 4 heteroatoms. The van der Waals surface area contributed by atoms with E-state index >= 15 is 0 Å². The molecule has 0 aliphatic carbocycles. The van der Waals surface area contributed by atoms with Crippen LogP contribution in [0.2, 0.25) is 0 Å². The van der Waals surface area contributed by atoms with Gasteiger partial charge < -0.3 is 18.9 Å². The molecule has 0 heterocycles. The second-order valence-corrected chi connectivity index (χ2v) is 8.92. The first-order valence-electron chi connectivity index (χ1n) is 11.5. The zero-order valence-electron chi connectivity index (χ0n) is 20.1. The van der Waals surface area contributed by atoms with Crippen molar-refractivity contribution in [1.82, 2.24) is 0 Å². The van der Waals surface area contributed by atoms with Crippen LogP contribution in [0, 0.1) is 0 Å². The third kappa shape index (κ3) is 8.92. The smallest absolute Gasteiger partial charge is 0.119 e. The molecule has 0 N–H and O–H groups in total. The lowest BCUT2D eigenvalue weighted by molar-refractivity contribution is 0.0691. The molecule has 0 aromatic heterocycles. The Hall–Kier alpha value is -2.04. The van der Waals surface area contributed by atoms with Gasteiger partial charge in [-0.3, -0.25) is 0 Å². The van der Waals surface area contributed by atoms with Crippen LogP contribution in [0.1, 0.15) is 65.5 Å². The minimum atomic E-state index is -0.104. The minimum absolute atomic E-state index is 0.104. The van der Waals surface area contributed by atoms with Gasteiger partial charge in [0.15, 0.2) is 0 Å². The van der Waals surface area contributed by atoms with Crippen LogP contribution in [0.3, 0.4) is 0 Å². The van der Waals surface area contributed by atoms with Gasteiger partial charge in [0.2, 0.25) is 0 Å². The van der Waals surface area contributed by atoms with E-state index in [4.69, 9.17) is 18.9 Å². The van der Waals surface area contributed by atoms with Crippen LogP contribution < -0.4 is 9.47 Å². The van der Waals surface area contributed by atoms with Crippen LogP contribution in [-0.2, 0) is 14.9 Å². The third-order valence-corrected chi connectivity index (χ3v) is 5.17. The molecule has 2 aromatic rings. The summed E-state index contributed by atoms with van der Waals surface area (Å²) in [6, 6.07) is 16.8. The Morgan fingerprint density at radius 1 is 0.581 bits per heavy atom. The van der Waals surface area contributed by atoms with E-state index in [0.717, 1.165) is 37.6 Å². The SMILES string of the molecule is CC(C)OCCCOc1ccc(C(C)(C)c2ccc(OCCCOC(C)C)cc2)cc1. The van der Waals surface area contributed by atoms with Crippen LogP contribution in [-0.4, -0.2) is 38.6 Å². The van der Waals surface area contributed by atoms with Crippen molar-refractivity contribution < 1.29 is 18.9 Å². The Balaban J connectivity index is 1.84. The molecule has 0 spiro atoms. The molecule has 0 aliphatic heterocycles.